The summed E-state index contributed by atoms with van der Waals surface area (Å²) in [7, 11) is 1.36. The van der Waals surface area contributed by atoms with E-state index in [1.807, 2.05) is 0 Å². The lowest BCUT2D eigenvalue weighted by Gasteiger charge is -1.98. The summed E-state index contributed by atoms with van der Waals surface area (Å²) in [5.74, 6) is 2.23. The van der Waals surface area contributed by atoms with Crippen LogP contribution < -0.4 is 5.32 Å². The molecule has 0 aliphatic carbocycles. The predicted octanol–water partition coefficient (Wildman–Crippen LogP) is 2.06. The maximum atomic E-state index is 11.3. The summed E-state index contributed by atoms with van der Waals surface area (Å²) in [4.78, 5) is 16.1. The Morgan fingerprint density at radius 3 is 3.06 bits per heavy atom. The average Bonchev–Trinajstić information content (AvgIpc) is 2.65. The number of thiazole rings is 1. The monoisotopic (exact) mass is 238 g/mol. The topological polar surface area (TPSA) is 51.2 Å². The fourth-order valence-electron chi connectivity index (χ4n) is 1.14. The fraction of sp³-hybridized carbons (Fsp3) is 0.455. The van der Waals surface area contributed by atoms with Gasteiger partial charge in [-0.3, -0.25) is 0 Å². The molecular formula is C11H14N2O2S. The number of unbranched alkanes of at least 4 members (excludes halogenated alkanes) is 1. The van der Waals surface area contributed by atoms with Crippen molar-refractivity contribution in [2.45, 2.75) is 19.8 Å². The third-order valence-corrected chi connectivity index (χ3v) is 3.04. The number of methoxy groups -OCH3 is 1. The van der Waals surface area contributed by atoms with Crippen LogP contribution in [0.3, 0.4) is 0 Å². The zero-order valence-electron chi connectivity index (χ0n) is 9.37. The number of hydrogen-bond acceptors (Lipinski definition) is 5. The minimum Gasteiger partial charge on any atom is -0.465 e. The molecule has 1 aromatic heterocycles. The van der Waals surface area contributed by atoms with Crippen molar-refractivity contribution in [2.24, 2.45) is 0 Å². The number of hydrogen-bond donors (Lipinski definition) is 1. The van der Waals surface area contributed by atoms with Gasteiger partial charge in [-0.1, -0.05) is 11.3 Å². The standard InChI is InChI=1S/C11H14N2O2S/c1-4-5-6-7-12-11-13-8(2)9(16-11)10(14)15-3/h1H,5-7H2,2-3H3,(H,12,13). The molecular weight excluding hydrogens is 224 g/mol. The zero-order valence-corrected chi connectivity index (χ0v) is 10.2. The van der Waals surface area contributed by atoms with E-state index in [1.54, 1.807) is 6.92 Å². The van der Waals surface area contributed by atoms with Gasteiger partial charge in [-0.15, -0.1) is 12.3 Å². The summed E-state index contributed by atoms with van der Waals surface area (Å²) < 4.78 is 4.65. The highest BCUT2D eigenvalue weighted by Gasteiger charge is 2.14. The Balaban J connectivity index is 2.56. The largest absolute Gasteiger partial charge is 0.465 e. The van der Waals surface area contributed by atoms with Crippen molar-refractivity contribution < 1.29 is 9.53 Å². The van der Waals surface area contributed by atoms with E-state index in [1.165, 1.54) is 18.4 Å². The minimum absolute atomic E-state index is 0.341. The zero-order chi connectivity index (χ0) is 12.0. The molecule has 0 radical (unpaired) electrons. The number of anilines is 1. The molecule has 86 valence electrons. The van der Waals surface area contributed by atoms with Crippen LogP contribution in [0.25, 0.3) is 0 Å². The number of ether oxygens (including phenoxy) is 1. The van der Waals surface area contributed by atoms with E-state index in [0.29, 0.717) is 10.6 Å². The van der Waals surface area contributed by atoms with Crippen LogP contribution >= 0.6 is 11.3 Å². The summed E-state index contributed by atoms with van der Waals surface area (Å²) >= 11 is 1.30. The first-order chi connectivity index (χ1) is 7.69. The highest BCUT2D eigenvalue weighted by molar-refractivity contribution is 7.17. The van der Waals surface area contributed by atoms with Crippen LogP contribution in [0, 0.1) is 19.3 Å². The van der Waals surface area contributed by atoms with Gasteiger partial charge in [0.05, 0.1) is 12.8 Å². The Morgan fingerprint density at radius 2 is 2.44 bits per heavy atom. The summed E-state index contributed by atoms with van der Waals surface area (Å²) in [6.07, 6.45) is 6.77. The lowest BCUT2D eigenvalue weighted by molar-refractivity contribution is 0.0605. The smallest absolute Gasteiger partial charge is 0.350 e. The molecule has 5 heteroatoms. The highest BCUT2D eigenvalue weighted by Crippen LogP contribution is 2.23. The van der Waals surface area contributed by atoms with E-state index in [2.05, 4.69) is 21.0 Å². The molecule has 0 aromatic carbocycles. The molecule has 0 bridgehead atoms. The molecule has 0 saturated heterocycles. The Kier molecular flexibility index (Phi) is 4.80. The van der Waals surface area contributed by atoms with E-state index >= 15 is 0 Å². The van der Waals surface area contributed by atoms with Gasteiger partial charge in [0.15, 0.2) is 5.13 Å². The van der Waals surface area contributed by atoms with Gasteiger partial charge in [-0.25, -0.2) is 9.78 Å². The Bertz CT molecular complexity index is 407. The van der Waals surface area contributed by atoms with Crippen molar-refractivity contribution in [3.63, 3.8) is 0 Å². The second-order valence-electron chi connectivity index (χ2n) is 3.16. The van der Waals surface area contributed by atoms with Gasteiger partial charge in [-0.2, -0.15) is 0 Å². The Morgan fingerprint density at radius 1 is 1.69 bits per heavy atom. The first-order valence-electron chi connectivity index (χ1n) is 4.92. The molecule has 0 spiro atoms. The van der Waals surface area contributed by atoms with Crippen molar-refractivity contribution in [3.05, 3.63) is 10.6 Å². The van der Waals surface area contributed by atoms with Crippen molar-refractivity contribution in [1.82, 2.24) is 4.98 Å². The maximum Gasteiger partial charge on any atom is 0.350 e. The van der Waals surface area contributed by atoms with Crippen LogP contribution in [0.5, 0.6) is 0 Å². The molecule has 16 heavy (non-hydrogen) atoms. The van der Waals surface area contributed by atoms with Crippen LogP contribution in [-0.2, 0) is 4.74 Å². The van der Waals surface area contributed by atoms with Crippen LogP contribution in [0.15, 0.2) is 0 Å². The number of carbonyl (C=O) groups excluding carboxylic acids is 1. The summed E-state index contributed by atoms with van der Waals surface area (Å²) in [5, 5.41) is 3.86. The predicted molar refractivity (Wildman–Crippen MR) is 64.7 cm³/mol. The highest BCUT2D eigenvalue weighted by atomic mass is 32.1. The van der Waals surface area contributed by atoms with E-state index < -0.39 is 0 Å². The number of aryl methyl sites for hydroxylation is 1. The Hall–Kier alpha value is -1.54. The molecule has 0 saturated carbocycles. The molecule has 1 rings (SSSR count). The number of aromatic nitrogens is 1. The number of rotatable bonds is 5. The molecule has 0 unspecified atom stereocenters. The first kappa shape index (κ1) is 12.5. The van der Waals surface area contributed by atoms with Crippen LogP contribution in [0.2, 0.25) is 0 Å². The molecule has 0 aliphatic rings. The minimum atomic E-state index is -0.341. The molecule has 1 aromatic rings. The van der Waals surface area contributed by atoms with Gasteiger partial charge in [0, 0.05) is 13.0 Å². The second kappa shape index (κ2) is 6.13. The summed E-state index contributed by atoms with van der Waals surface area (Å²) in [6.45, 7) is 2.55. The third kappa shape index (κ3) is 3.24. The SMILES string of the molecule is C#CCCCNc1nc(C)c(C(=O)OC)s1. The first-order valence-corrected chi connectivity index (χ1v) is 5.73. The van der Waals surface area contributed by atoms with Crippen LogP contribution in [-0.4, -0.2) is 24.6 Å². The number of esters is 1. The number of nitrogens with zero attached hydrogens (tertiary/aromatic N) is 1. The normalized spacial score (nSPS) is 9.56. The van der Waals surface area contributed by atoms with E-state index in [4.69, 9.17) is 6.42 Å². The van der Waals surface area contributed by atoms with Gasteiger partial charge in [0.2, 0.25) is 0 Å². The molecule has 0 aliphatic heterocycles. The molecule has 1 heterocycles. The van der Waals surface area contributed by atoms with Gasteiger partial charge in [0.25, 0.3) is 0 Å². The van der Waals surface area contributed by atoms with E-state index in [0.717, 1.165) is 24.5 Å². The lowest BCUT2D eigenvalue weighted by atomic mass is 10.3. The van der Waals surface area contributed by atoms with Crippen LogP contribution in [0.4, 0.5) is 5.13 Å². The average molecular weight is 238 g/mol. The number of terminal acetylenes is 1. The van der Waals surface area contributed by atoms with Crippen molar-refractivity contribution >= 4 is 22.4 Å². The van der Waals surface area contributed by atoms with Crippen molar-refractivity contribution in [3.8, 4) is 12.3 Å². The molecule has 0 fully saturated rings. The second-order valence-corrected chi connectivity index (χ2v) is 4.16. The lowest BCUT2D eigenvalue weighted by Crippen LogP contribution is -2.00. The maximum absolute atomic E-state index is 11.3. The number of carbonyl (C=O) groups is 1. The molecule has 0 amide bonds. The summed E-state index contributed by atoms with van der Waals surface area (Å²) in [5.41, 5.74) is 0.691. The summed E-state index contributed by atoms with van der Waals surface area (Å²) in [6, 6.07) is 0. The fourth-order valence-corrected chi connectivity index (χ4v) is 2.05. The van der Waals surface area contributed by atoms with Gasteiger partial charge < -0.3 is 10.1 Å². The third-order valence-electron chi connectivity index (χ3n) is 1.94. The molecule has 0 atom stereocenters. The van der Waals surface area contributed by atoms with Gasteiger partial charge in [0.1, 0.15) is 4.88 Å². The molecule has 1 N–H and O–H groups in total. The van der Waals surface area contributed by atoms with Gasteiger partial charge >= 0.3 is 5.97 Å². The molecule has 4 nitrogen and oxygen atoms in total. The van der Waals surface area contributed by atoms with E-state index in [-0.39, 0.29) is 5.97 Å². The Labute approximate surface area is 99.0 Å². The van der Waals surface area contributed by atoms with Crippen molar-refractivity contribution in [1.29, 1.82) is 0 Å². The quantitative estimate of drug-likeness (QED) is 0.484. The number of nitrogens with one attached hydrogen (secondary N) is 1. The van der Waals surface area contributed by atoms with E-state index in [9.17, 15) is 4.79 Å². The van der Waals surface area contributed by atoms with Crippen LogP contribution in [0.1, 0.15) is 28.2 Å². The van der Waals surface area contributed by atoms with Crippen molar-refractivity contribution in [2.75, 3.05) is 19.0 Å². The van der Waals surface area contributed by atoms with Gasteiger partial charge in [-0.05, 0) is 13.3 Å².